The van der Waals surface area contributed by atoms with E-state index in [4.69, 9.17) is 4.98 Å². The molecule has 2 aliphatic carbocycles. The topological polar surface area (TPSA) is 71.0 Å². The van der Waals surface area contributed by atoms with E-state index in [1.54, 1.807) is 12.1 Å². The number of hydrogen-bond acceptors (Lipinski definition) is 4. The molecule has 4 bridgehead atoms. The van der Waals surface area contributed by atoms with Gasteiger partial charge in [-0.25, -0.2) is 4.98 Å². The summed E-state index contributed by atoms with van der Waals surface area (Å²) in [6.45, 7) is 0. The minimum atomic E-state index is -0.214. The molecule has 7 rings (SSSR count). The number of para-hydroxylation sites is 2. The second-order valence-electron chi connectivity index (χ2n) is 12.2. The minimum Gasteiger partial charge on any atom is -0.320 e. The maximum Gasteiger partial charge on any atom is 0.279 e. The van der Waals surface area contributed by atoms with Crippen molar-refractivity contribution >= 4 is 11.0 Å². The van der Waals surface area contributed by atoms with Gasteiger partial charge in [-0.1, -0.05) is 50.3 Å². The summed E-state index contributed by atoms with van der Waals surface area (Å²) in [7, 11) is 0. The Hall–Kier alpha value is -2.73. The smallest absolute Gasteiger partial charge is 0.279 e. The Balaban J connectivity index is 1.26. The molecule has 1 aromatic carbocycles. The fourth-order valence-corrected chi connectivity index (χ4v) is 8.58. The summed E-state index contributed by atoms with van der Waals surface area (Å²) in [5.74, 6) is 1.85. The van der Waals surface area contributed by atoms with E-state index in [9.17, 15) is 9.59 Å². The highest BCUT2D eigenvalue weighted by Crippen LogP contribution is 2.47. The Bertz CT molecular complexity index is 1380. The van der Waals surface area contributed by atoms with E-state index >= 15 is 0 Å². The lowest BCUT2D eigenvalue weighted by Gasteiger charge is -2.54. The van der Waals surface area contributed by atoms with Gasteiger partial charge < -0.3 is 9.55 Å². The first kappa shape index (κ1) is 23.4. The van der Waals surface area contributed by atoms with Crippen molar-refractivity contribution in [2.24, 2.45) is 11.8 Å². The van der Waals surface area contributed by atoms with Crippen LogP contribution < -0.4 is 11.1 Å². The third kappa shape index (κ3) is 4.27. The number of aromatic amines is 1. The standard InChI is InChI=1S/C31H38N4O2/c36-29-14-6-12-27(32-29)30-31(37)35(28-13-4-3-11-26(28)33-30)25-18-22-9-5-10-23(19-25)34(22)24-16-20-7-1-2-8-21(15-20)17-24/h3-4,6,11-14,20-25H,1-2,5,7-10,15-19H2,(H,32,36)/t20-,21+,22-,23+,24-,25+. The van der Waals surface area contributed by atoms with E-state index in [1.165, 1.54) is 70.3 Å². The molecular formula is C31H38N4O2. The number of H-pyrrole nitrogens is 1. The van der Waals surface area contributed by atoms with Gasteiger partial charge in [0, 0.05) is 30.2 Å². The summed E-state index contributed by atoms with van der Waals surface area (Å²) in [6.07, 6.45) is 15.8. The monoisotopic (exact) mass is 498 g/mol. The highest BCUT2D eigenvalue weighted by molar-refractivity contribution is 5.77. The molecule has 1 N–H and O–H groups in total. The average Bonchev–Trinajstić information content (AvgIpc) is 3.07. The van der Waals surface area contributed by atoms with Gasteiger partial charge >= 0.3 is 0 Å². The number of fused-ring (bicyclic) bond motifs is 5. The van der Waals surface area contributed by atoms with Crippen LogP contribution >= 0.6 is 0 Å². The maximum absolute atomic E-state index is 14.0. The number of rotatable bonds is 3. The molecule has 6 heteroatoms. The van der Waals surface area contributed by atoms with Crippen molar-refractivity contribution in [1.82, 2.24) is 19.4 Å². The zero-order valence-electron chi connectivity index (χ0n) is 21.6. The zero-order chi connectivity index (χ0) is 24.9. The fourth-order valence-electron chi connectivity index (χ4n) is 8.58. The molecule has 0 spiro atoms. The van der Waals surface area contributed by atoms with Crippen LogP contribution in [-0.4, -0.2) is 37.6 Å². The SMILES string of the molecule is O=c1cccc(-c2nc3ccccc3n([C@H]3C[C@H]4CCC[C@@H](C3)N4[C@@H]3C[C@@H]4CCCC[C@@H](C4)C3)c2=O)[nH]1. The molecule has 2 saturated carbocycles. The van der Waals surface area contributed by atoms with Crippen LogP contribution in [0.4, 0.5) is 0 Å². The lowest BCUT2D eigenvalue weighted by Crippen LogP contribution is -2.58. The average molecular weight is 499 g/mol. The lowest BCUT2D eigenvalue weighted by atomic mass is 9.73. The molecule has 0 unspecified atom stereocenters. The molecule has 2 aromatic heterocycles. The van der Waals surface area contributed by atoms with Gasteiger partial charge in [-0.3, -0.25) is 14.5 Å². The van der Waals surface area contributed by atoms with Crippen LogP contribution in [0.15, 0.2) is 52.1 Å². The van der Waals surface area contributed by atoms with Crippen LogP contribution in [0, 0.1) is 11.8 Å². The third-order valence-corrected chi connectivity index (χ3v) is 9.96. The molecule has 3 aromatic rings. The van der Waals surface area contributed by atoms with Crippen LogP contribution in [0.1, 0.15) is 83.1 Å². The summed E-state index contributed by atoms with van der Waals surface area (Å²) in [6, 6.07) is 14.9. The Labute approximate surface area is 218 Å². The first-order chi connectivity index (χ1) is 18.1. The largest absolute Gasteiger partial charge is 0.320 e. The summed E-state index contributed by atoms with van der Waals surface area (Å²) in [4.78, 5) is 36.6. The molecule has 6 nitrogen and oxygen atoms in total. The Morgan fingerprint density at radius 1 is 0.703 bits per heavy atom. The highest BCUT2D eigenvalue weighted by Gasteiger charge is 2.45. The Kier molecular flexibility index (Phi) is 6.03. The van der Waals surface area contributed by atoms with Crippen LogP contribution in [-0.2, 0) is 0 Å². The normalized spacial score (nSPS) is 32.2. The van der Waals surface area contributed by atoms with Gasteiger partial charge in [0.05, 0.1) is 16.7 Å². The summed E-state index contributed by atoms with van der Waals surface area (Å²) >= 11 is 0. The van der Waals surface area contributed by atoms with Gasteiger partial charge in [0.2, 0.25) is 5.56 Å². The molecule has 194 valence electrons. The van der Waals surface area contributed by atoms with Crippen molar-refractivity contribution in [2.45, 2.75) is 101 Å². The first-order valence-corrected chi connectivity index (χ1v) is 14.6. The predicted molar refractivity (Wildman–Crippen MR) is 147 cm³/mol. The second kappa shape index (κ2) is 9.54. The molecule has 0 amide bonds. The van der Waals surface area contributed by atoms with Crippen molar-refractivity contribution in [1.29, 1.82) is 0 Å². The molecule has 37 heavy (non-hydrogen) atoms. The predicted octanol–water partition coefficient (Wildman–Crippen LogP) is 5.67. The van der Waals surface area contributed by atoms with Gasteiger partial charge in [0.15, 0.2) is 5.69 Å². The molecule has 6 atom stereocenters. The minimum absolute atomic E-state index is 0.0826. The number of piperidine rings is 2. The highest BCUT2D eigenvalue weighted by atomic mass is 16.1. The van der Waals surface area contributed by atoms with E-state index in [0.717, 1.165) is 41.8 Å². The molecule has 4 heterocycles. The molecule has 4 aliphatic rings. The number of nitrogens with one attached hydrogen (secondary N) is 1. The Morgan fingerprint density at radius 2 is 1.43 bits per heavy atom. The molecular weight excluding hydrogens is 460 g/mol. The lowest BCUT2D eigenvalue weighted by molar-refractivity contribution is -0.0420. The van der Waals surface area contributed by atoms with E-state index < -0.39 is 0 Å². The van der Waals surface area contributed by atoms with Gasteiger partial charge in [-0.15, -0.1) is 0 Å². The number of benzene rings is 1. The number of hydrogen-bond donors (Lipinski definition) is 1. The van der Waals surface area contributed by atoms with E-state index in [-0.39, 0.29) is 17.2 Å². The van der Waals surface area contributed by atoms with Gasteiger partial charge in [-0.05, 0) is 75.0 Å². The number of pyridine rings is 1. The van der Waals surface area contributed by atoms with E-state index in [2.05, 4.69) is 9.88 Å². The maximum atomic E-state index is 14.0. The number of aromatic nitrogens is 3. The van der Waals surface area contributed by atoms with Crippen LogP contribution in [0.5, 0.6) is 0 Å². The van der Waals surface area contributed by atoms with E-state index in [1.807, 2.05) is 28.8 Å². The number of nitrogens with zero attached hydrogens (tertiary/aromatic N) is 3. The second-order valence-corrected chi connectivity index (χ2v) is 12.2. The molecule has 2 aliphatic heterocycles. The van der Waals surface area contributed by atoms with Gasteiger partial charge in [-0.2, -0.15) is 0 Å². The van der Waals surface area contributed by atoms with Crippen LogP contribution in [0.25, 0.3) is 22.4 Å². The van der Waals surface area contributed by atoms with Crippen molar-refractivity contribution in [2.75, 3.05) is 0 Å². The van der Waals surface area contributed by atoms with Gasteiger partial charge in [0.25, 0.3) is 5.56 Å². The quantitative estimate of drug-likeness (QED) is 0.505. The summed E-state index contributed by atoms with van der Waals surface area (Å²) in [5, 5.41) is 0. The van der Waals surface area contributed by atoms with Crippen LogP contribution in [0.2, 0.25) is 0 Å². The van der Waals surface area contributed by atoms with Crippen molar-refractivity contribution in [3.8, 4) is 11.4 Å². The summed E-state index contributed by atoms with van der Waals surface area (Å²) in [5.41, 5.74) is 2.27. The van der Waals surface area contributed by atoms with Crippen molar-refractivity contribution in [3.05, 3.63) is 63.2 Å². The van der Waals surface area contributed by atoms with Crippen molar-refractivity contribution < 1.29 is 0 Å². The van der Waals surface area contributed by atoms with Crippen LogP contribution in [0.3, 0.4) is 0 Å². The Morgan fingerprint density at radius 3 is 2.16 bits per heavy atom. The van der Waals surface area contributed by atoms with E-state index in [0.29, 0.717) is 23.5 Å². The zero-order valence-corrected chi connectivity index (χ0v) is 21.6. The van der Waals surface area contributed by atoms with Crippen molar-refractivity contribution in [3.63, 3.8) is 0 Å². The summed E-state index contributed by atoms with van der Waals surface area (Å²) < 4.78 is 2.03. The fraction of sp³-hybridized carbons (Fsp3) is 0.581. The van der Waals surface area contributed by atoms with Gasteiger partial charge in [0.1, 0.15) is 0 Å². The molecule has 4 fully saturated rings. The third-order valence-electron chi connectivity index (χ3n) is 9.96. The molecule has 0 radical (unpaired) electrons. The first-order valence-electron chi connectivity index (χ1n) is 14.6. The molecule has 2 saturated heterocycles.